The zero-order valence-corrected chi connectivity index (χ0v) is 13.4. The molecule has 0 aliphatic carbocycles. The fraction of sp³-hybridized carbons (Fsp3) is 0.368. The third kappa shape index (κ3) is 4.08. The van der Waals surface area contributed by atoms with E-state index in [1.54, 1.807) is 0 Å². The van der Waals surface area contributed by atoms with Crippen LogP contribution in [-0.2, 0) is 0 Å². The standard InChI is InChI=1S/C19H25NO/c1-14-12-16(3)18(13-15(14)2)19(20-4)10-11-21-17-8-6-5-7-9-17/h5-9,12-13,19-20H,10-11H2,1-4H3. The largest absolute Gasteiger partial charge is 0.494 e. The highest BCUT2D eigenvalue weighted by Gasteiger charge is 2.13. The Hall–Kier alpha value is -1.80. The number of aryl methyl sites for hydroxylation is 3. The Labute approximate surface area is 128 Å². The monoisotopic (exact) mass is 283 g/mol. The summed E-state index contributed by atoms with van der Waals surface area (Å²) in [6, 6.07) is 14.9. The number of benzene rings is 2. The van der Waals surface area contributed by atoms with E-state index in [1.807, 2.05) is 37.4 Å². The smallest absolute Gasteiger partial charge is 0.119 e. The molecule has 0 aliphatic heterocycles. The Morgan fingerprint density at radius 1 is 0.952 bits per heavy atom. The lowest BCUT2D eigenvalue weighted by atomic mass is 9.94. The summed E-state index contributed by atoms with van der Waals surface area (Å²) in [5, 5.41) is 3.41. The van der Waals surface area contributed by atoms with Crippen molar-refractivity contribution in [3.63, 3.8) is 0 Å². The van der Waals surface area contributed by atoms with Crippen molar-refractivity contribution in [1.29, 1.82) is 0 Å². The van der Waals surface area contributed by atoms with E-state index >= 15 is 0 Å². The van der Waals surface area contributed by atoms with Crippen molar-refractivity contribution in [1.82, 2.24) is 5.32 Å². The Morgan fingerprint density at radius 3 is 2.29 bits per heavy atom. The molecule has 0 saturated heterocycles. The number of hydrogen-bond donors (Lipinski definition) is 1. The number of hydrogen-bond acceptors (Lipinski definition) is 2. The molecule has 0 aromatic heterocycles. The topological polar surface area (TPSA) is 21.3 Å². The van der Waals surface area contributed by atoms with Crippen LogP contribution in [0.2, 0.25) is 0 Å². The molecule has 2 aromatic carbocycles. The van der Waals surface area contributed by atoms with Crippen molar-refractivity contribution < 1.29 is 4.74 Å². The molecule has 2 heteroatoms. The highest BCUT2D eigenvalue weighted by molar-refractivity contribution is 5.38. The summed E-state index contributed by atoms with van der Waals surface area (Å²) in [6.07, 6.45) is 0.953. The molecular weight excluding hydrogens is 258 g/mol. The third-order valence-electron chi connectivity index (χ3n) is 4.02. The summed E-state index contributed by atoms with van der Waals surface area (Å²) >= 11 is 0. The van der Waals surface area contributed by atoms with Gasteiger partial charge in [-0.05, 0) is 62.2 Å². The van der Waals surface area contributed by atoms with Crippen molar-refractivity contribution in [2.75, 3.05) is 13.7 Å². The second-order valence-corrected chi connectivity index (χ2v) is 5.58. The van der Waals surface area contributed by atoms with Gasteiger partial charge in [-0.25, -0.2) is 0 Å². The van der Waals surface area contributed by atoms with Gasteiger partial charge in [-0.15, -0.1) is 0 Å². The first-order valence-corrected chi connectivity index (χ1v) is 7.54. The van der Waals surface area contributed by atoms with Gasteiger partial charge in [0.1, 0.15) is 5.75 Å². The Kier molecular flexibility index (Phi) is 5.40. The normalized spacial score (nSPS) is 12.2. The van der Waals surface area contributed by atoms with Crippen LogP contribution < -0.4 is 10.1 Å². The fourth-order valence-electron chi connectivity index (χ4n) is 2.62. The molecule has 112 valence electrons. The molecule has 2 aromatic rings. The molecule has 0 amide bonds. The van der Waals surface area contributed by atoms with Crippen molar-refractivity contribution in [3.8, 4) is 5.75 Å². The highest BCUT2D eigenvalue weighted by Crippen LogP contribution is 2.24. The molecule has 21 heavy (non-hydrogen) atoms. The summed E-state index contributed by atoms with van der Waals surface area (Å²) in [5.41, 5.74) is 5.42. The molecule has 1 unspecified atom stereocenters. The lowest BCUT2D eigenvalue weighted by Gasteiger charge is -2.20. The summed E-state index contributed by atoms with van der Waals surface area (Å²) in [6.45, 7) is 7.23. The van der Waals surface area contributed by atoms with Crippen LogP contribution in [0.25, 0.3) is 0 Å². The first kappa shape index (κ1) is 15.6. The Bertz CT molecular complexity index is 578. The first-order chi connectivity index (χ1) is 10.1. The van der Waals surface area contributed by atoms with E-state index in [4.69, 9.17) is 4.74 Å². The third-order valence-corrected chi connectivity index (χ3v) is 4.02. The van der Waals surface area contributed by atoms with Crippen LogP contribution in [-0.4, -0.2) is 13.7 Å². The van der Waals surface area contributed by atoms with Gasteiger partial charge in [-0.3, -0.25) is 0 Å². The summed E-state index contributed by atoms with van der Waals surface area (Å²) < 4.78 is 5.81. The van der Waals surface area contributed by atoms with Crippen LogP contribution in [0.15, 0.2) is 42.5 Å². The second-order valence-electron chi connectivity index (χ2n) is 5.58. The van der Waals surface area contributed by atoms with Gasteiger partial charge in [0.25, 0.3) is 0 Å². The Morgan fingerprint density at radius 2 is 1.62 bits per heavy atom. The van der Waals surface area contributed by atoms with E-state index in [1.165, 1.54) is 22.3 Å². The number of rotatable bonds is 6. The van der Waals surface area contributed by atoms with Gasteiger partial charge in [-0.2, -0.15) is 0 Å². The molecule has 0 fully saturated rings. The van der Waals surface area contributed by atoms with E-state index in [2.05, 4.69) is 38.2 Å². The maximum Gasteiger partial charge on any atom is 0.119 e. The number of nitrogens with one attached hydrogen (secondary N) is 1. The molecule has 0 heterocycles. The molecule has 0 radical (unpaired) electrons. The summed E-state index contributed by atoms with van der Waals surface area (Å²) in [7, 11) is 2.02. The maximum atomic E-state index is 5.81. The average Bonchev–Trinajstić information content (AvgIpc) is 2.49. The molecule has 0 saturated carbocycles. The van der Waals surface area contributed by atoms with Gasteiger partial charge >= 0.3 is 0 Å². The van der Waals surface area contributed by atoms with Gasteiger partial charge in [0.05, 0.1) is 6.61 Å². The Balaban J connectivity index is 2.02. The molecule has 0 bridgehead atoms. The van der Waals surface area contributed by atoms with E-state index in [9.17, 15) is 0 Å². The molecule has 1 atom stereocenters. The molecule has 2 rings (SSSR count). The van der Waals surface area contributed by atoms with Crippen LogP contribution in [0, 0.1) is 20.8 Å². The van der Waals surface area contributed by atoms with Crippen molar-refractivity contribution in [3.05, 3.63) is 64.7 Å². The van der Waals surface area contributed by atoms with Gasteiger partial charge < -0.3 is 10.1 Å². The quantitative estimate of drug-likeness (QED) is 0.851. The molecule has 0 spiro atoms. The highest BCUT2D eigenvalue weighted by atomic mass is 16.5. The average molecular weight is 283 g/mol. The second kappa shape index (κ2) is 7.28. The zero-order valence-electron chi connectivity index (χ0n) is 13.4. The van der Waals surface area contributed by atoms with Crippen LogP contribution in [0.1, 0.15) is 34.7 Å². The SMILES string of the molecule is CNC(CCOc1ccccc1)c1cc(C)c(C)cc1C. The fourth-order valence-corrected chi connectivity index (χ4v) is 2.62. The molecule has 2 nitrogen and oxygen atoms in total. The van der Waals surface area contributed by atoms with Gasteiger partial charge in [0.15, 0.2) is 0 Å². The minimum Gasteiger partial charge on any atom is -0.494 e. The summed E-state index contributed by atoms with van der Waals surface area (Å²) in [4.78, 5) is 0. The van der Waals surface area contributed by atoms with Crippen LogP contribution >= 0.6 is 0 Å². The maximum absolute atomic E-state index is 5.81. The lowest BCUT2D eigenvalue weighted by Crippen LogP contribution is -2.20. The van der Waals surface area contributed by atoms with Crippen molar-refractivity contribution >= 4 is 0 Å². The van der Waals surface area contributed by atoms with E-state index in [0.29, 0.717) is 12.6 Å². The molecule has 0 aliphatic rings. The van der Waals surface area contributed by atoms with Gasteiger partial charge in [0, 0.05) is 12.5 Å². The van der Waals surface area contributed by atoms with Crippen molar-refractivity contribution in [2.24, 2.45) is 0 Å². The van der Waals surface area contributed by atoms with Crippen LogP contribution in [0.5, 0.6) is 5.75 Å². The van der Waals surface area contributed by atoms with Gasteiger partial charge in [0.2, 0.25) is 0 Å². The van der Waals surface area contributed by atoms with Gasteiger partial charge in [-0.1, -0.05) is 30.3 Å². The van der Waals surface area contributed by atoms with Crippen LogP contribution in [0.4, 0.5) is 0 Å². The summed E-state index contributed by atoms with van der Waals surface area (Å²) in [5.74, 6) is 0.934. The number of para-hydroxylation sites is 1. The van der Waals surface area contributed by atoms with E-state index in [0.717, 1.165) is 12.2 Å². The van der Waals surface area contributed by atoms with E-state index < -0.39 is 0 Å². The van der Waals surface area contributed by atoms with Crippen molar-refractivity contribution in [2.45, 2.75) is 33.2 Å². The predicted octanol–water partition coefficient (Wildman–Crippen LogP) is 4.34. The molecule has 1 N–H and O–H groups in total. The molecular formula is C19H25NO. The zero-order chi connectivity index (χ0) is 15.2. The minimum atomic E-state index is 0.327. The minimum absolute atomic E-state index is 0.327. The lowest BCUT2D eigenvalue weighted by molar-refractivity contribution is 0.290. The number of ether oxygens (including phenoxy) is 1. The predicted molar refractivity (Wildman–Crippen MR) is 89.0 cm³/mol. The first-order valence-electron chi connectivity index (χ1n) is 7.54. The van der Waals surface area contributed by atoms with Crippen LogP contribution in [0.3, 0.4) is 0 Å². The van der Waals surface area contributed by atoms with E-state index in [-0.39, 0.29) is 0 Å².